The minimum atomic E-state index is -1.03. The van der Waals surface area contributed by atoms with Crippen LogP contribution in [0.15, 0.2) is 24.3 Å². The lowest BCUT2D eigenvalue weighted by Gasteiger charge is -2.16. The number of nitrogen functional groups attached to an aromatic ring is 1. The molecule has 0 radical (unpaired) electrons. The van der Waals surface area contributed by atoms with Gasteiger partial charge in [-0.3, -0.25) is 4.79 Å². The SMILES string of the molecule is CC(C)CC(Nc1sc(C(=O)c2cccc(Cl)c2)c(N)c1C#N)C(=O)O. The number of nitrogens with zero attached hydrogens (tertiary/aromatic N) is 1. The van der Waals surface area contributed by atoms with E-state index in [9.17, 15) is 20.0 Å². The maximum Gasteiger partial charge on any atom is 0.326 e. The van der Waals surface area contributed by atoms with Crippen LogP contribution >= 0.6 is 22.9 Å². The van der Waals surface area contributed by atoms with E-state index in [-0.39, 0.29) is 32.8 Å². The zero-order chi connectivity index (χ0) is 19.4. The summed E-state index contributed by atoms with van der Waals surface area (Å²) in [5.41, 5.74) is 6.46. The van der Waals surface area contributed by atoms with Crippen molar-refractivity contribution in [2.24, 2.45) is 5.92 Å². The number of ketones is 1. The molecule has 0 aliphatic rings. The first-order chi connectivity index (χ1) is 12.2. The van der Waals surface area contributed by atoms with Crippen molar-refractivity contribution in [3.63, 3.8) is 0 Å². The van der Waals surface area contributed by atoms with Crippen molar-refractivity contribution in [1.82, 2.24) is 0 Å². The smallest absolute Gasteiger partial charge is 0.326 e. The highest BCUT2D eigenvalue weighted by Crippen LogP contribution is 2.37. The Morgan fingerprint density at radius 1 is 1.42 bits per heavy atom. The van der Waals surface area contributed by atoms with Gasteiger partial charge in [-0.05, 0) is 24.5 Å². The van der Waals surface area contributed by atoms with Gasteiger partial charge in [-0.25, -0.2) is 4.79 Å². The average molecular weight is 392 g/mol. The first-order valence-corrected chi connectivity index (χ1v) is 9.06. The molecule has 0 amide bonds. The van der Waals surface area contributed by atoms with Gasteiger partial charge in [0.15, 0.2) is 0 Å². The van der Waals surface area contributed by atoms with Crippen LogP contribution in [0.3, 0.4) is 0 Å². The summed E-state index contributed by atoms with van der Waals surface area (Å²) >= 11 is 6.90. The van der Waals surface area contributed by atoms with Crippen molar-refractivity contribution in [3.8, 4) is 6.07 Å². The minimum Gasteiger partial charge on any atom is -0.480 e. The first-order valence-electron chi connectivity index (χ1n) is 7.86. The molecule has 2 rings (SSSR count). The molecule has 0 fully saturated rings. The topological polar surface area (TPSA) is 116 Å². The Morgan fingerprint density at radius 3 is 2.65 bits per heavy atom. The van der Waals surface area contributed by atoms with Crippen LogP contribution in [-0.2, 0) is 4.79 Å². The maximum atomic E-state index is 12.7. The lowest BCUT2D eigenvalue weighted by molar-refractivity contribution is -0.138. The molecule has 0 spiro atoms. The standard InChI is InChI=1S/C18H18ClN3O3S/c1-9(2)6-13(18(24)25)22-17-12(8-20)14(21)16(26-17)15(23)10-4-3-5-11(19)7-10/h3-5,7,9,13,22H,6,21H2,1-2H3,(H,24,25). The molecule has 8 heteroatoms. The number of rotatable bonds is 7. The quantitative estimate of drug-likeness (QED) is 0.614. The van der Waals surface area contributed by atoms with E-state index in [1.165, 1.54) is 6.07 Å². The Bertz CT molecular complexity index is 886. The lowest BCUT2D eigenvalue weighted by Crippen LogP contribution is -2.30. The summed E-state index contributed by atoms with van der Waals surface area (Å²) in [6, 6.07) is 7.48. The molecule has 1 unspecified atom stereocenters. The molecule has 0 aliphatic heterocycles. The zero-order valence-corrected chi connectivity index (χ0v) is 15.8. The van der Waals surface area contributed by atoms with E-state index < -0.39 is 12.0 Å². The van der Waals surface area contributed by atoms with Crippen molar-refractivity contribution in [2.75, 3.05) is 11.1 Å². The number of carbonyl (C=O) groups excluding carboxylic acids is 1. The number of carbonyl (C=O) groups is 2. The van der Waals surface area contributed by atoms with Crippen molar-refractivity contribution < 1.29 is 14.7 Å². The number of aliphatic carboxylic acids is 1. The number of carboxylic acids is 1. The van der Waals surface area contributed by atoms with E-state index in [4.69, 9.17) is 17.3 Å². The second-order valence-electron chi connectivity index (χ2n) is 6.16. The molecule has 26 heavy (non-hydrogen) atoms. The van der Waals surface area contributed by atoms with Gasteiger partial charge in [0.05, 0.1) is 5.69 Å². The summed E-state index contributed by atoms with van der Waals surface area (Å²) in [6.45, 7) is 3.80. The molecule has 136 valence electrons. The van der Waals surface area contributed by atoms with Crippen LogP contribution in [0, 0.1) is 17.2 Å². The molecule has 0 saturated carbocycles. The summed E-state index contributed by atoms with van der Waals surface area (Å²) in [4.78, 5) is 24.4. The Morgan fingerprint density at radius 2 is 2.12 bits per heavy atom. The van der Waals surface area contributed by atoms with Crippen LogP contribution < -0.4 is 11.1 Å². The highest BCUT2D eigenvalue weighted by atomic mass is 35.5. The Balaban J connectivity index is 2.41. The van der Waals surface area contributed by atoms with E-state index in [1.807, 2.05) is 19.9 Å². The number of hydrogen-bond donors (Lipinski definition) is 3. The number of nitrogens with two attached hydrogens (primary N) is 1. The van der Waals surface area contributed by atoms with Gasteiger partial charge >= 0.3 is 5.97 Å². The summed E-state index contributed by atoms with van der Waals surface area (Å²) in [7, 11) is 0. The van der Waals surface area contributed by atoms with E-state index in [1.54, 1.807) is 18.2 Å². The molecule has 2 aromatic rings. The second-order valence-corrected chi connectivity index (χ2v) is 7.62. The zero-order valence-electron chi connectivity index (χ0n) is 14.2. The predicted molar refractivity (Wildman–Crippen MR) is 103 cm³/mol. The van der Waals surface area contributed by atoms with E-state index in [0.29, 0.717) is 17.0 Å². The highest BCUT2D eigenvalue weighted by molar-refractivity contribution is 7.19. The number of nitriles is 1. The molecule has 0 aliphatic carbocycles. The molecule has 1 aromatic heterocycles. The monoisotopic (exact) mass is 391 g/mol. The number of halogens is 1. The highest BCUT2D eigenvalue weighted by Gasteiger charge is 2.26. The van der Waals surface area contributed by atoms with Crippen molar-refractivity contribution in [1.29, 1.82) is 5.26 Å². The van der Waals surface area contributed by atoms with Crippen LogP contribution in [0.4, 0.5) is 10.7 Å². The van der Waals surface area contributed by atoms with Gasteiger partial charge in [0.1, 0.15) is 27.6 Å². The third-order valence-corrected chi connectivity index (χ3v) is 5.03. The van der Waals surface area contributed by atoms with Gasteiger partial charge in [0.25, 0.3) is 0 Å². The van der Waals surface area contributed by atoms with E-state index in [0.717, 1.165) is 11.3 Å². The normalized spacial score (nSPS) is 11.8. The molecule has 1 heterocycles. The molecule has 1 atom stereocenters. The fraction of sp³-hybridized carbons (Fsp3) is 0.278. The van der Waals surface area contributed by atoms with Crippen LogP contribution in [0.25, 0.3) is 0 Å². The number of thiophene rings is 1. The average Bonchev–Trinajstić information content (AvgIpc) is 2.88. The molecule has 6 nitrogen and oxygen atoms in total. The van der Waals surface area contributed by atoms with Crippen LogP contribution in [0.5, 0.6) is 0 Å². The number of benzene rings is 1. The third-order valence-electron chi connectivity index (χ3n) is 3.66. The number of hydrogen-bond acceptors (Lipinski definition) is 6. The fourth-order valence-electron chi connectivity index (χ4n) is 2.44. The summed E-state index contributed by atoms with van der Waals surface area (Å²) < 4.78 is 0. The van der Waals surface area contributed by atoms with Crippen LogP contribution in [0.2, 0.25) is 5.02 Å². The van der Waals surface area contributed by atoms with Crippen molar-refractivity contribution >= 4 is 45.4 Å². The van der Waals surface area contributed by atoms with Gasteiger partial charge in [-0.15, -0.1) is 11.3 Å². The molecule has 1 aromatic carbocycles. The Hall–Kier alpha value is -2.56. The van der Waals surface area contributed by atoms with Crippen LogP contribution in [-0.4, -0.2) is 22.9 Å². The molecule has 0 saturated heterocycles. The molecule has 4 N–H and O–H groups in total. The van der Waals surface area contributed by atoms with Gasteiger partial charge in [0, 0.05) is 10.6 Å². The van der Waals surface area contributed by atoms with Crippen molar-refractivity contribution in [3.05, 3.63) is 45.3 Å². The van der Waals surface area contributed by atoms with Crippen molar-refractivity contribution in [2.45, 2.75) is 26.3 Å². The molecule has 0 bridgehead atoms. The van der Waals surface area contributed by atoms with Gasteiger partial charge in [-0.1, -0.05) is 37.6 Å². The summed E-state index contributed by atoms with van der Waals surface area (Å²) in [5, 5.41) is 22.3. The van der Waals surface area contributed by atoms with Crippen LogP contribution in [0.1, 0.15) is 41.1 Å². The molecular formula is C18H18ClN3O3S. The number of anilines is 2. The minimum absolute atomic E-state index is 0.0404. The summed E-state index contributed by atoms with van der Waals surface area (Å²) in [6.07, 6.45) is 0.371. The van der Waals surface area contributed by atoms with Gasteiger partial charge < -0.3 is 16.2 Å². The van der Waals surface area contributed by atoms with Gasteiger partial charge in [0.2, 0.25) is 5.78 Å². The number of carboxylic acid groups (broad SMARTS) is 1. The largest absolute Gasteiger partial charge is 0.480 e. The maximum absolute atomic E-state index is 12.7. The lowest BCUT2D eigenvalue weighted by atomic mass is 10.0. The van der Waals surface area contributed by atoms with Gasteiger partial charge in [-0.2, -0.15) is 5.26 Å². The second kappa shape index (κ2) is 8.21. The predicted octanol–water partition coefficient (Wildman–Crippen LogP) is 4.00. The van der Waals surface area contributed by atoms with E-state index in [2.05, 4.69) is 5.32 Å². The summed E-state index contributed by atoms with van der Waals surface area (Å²) in [5.74, 6) is -1.26. The first kappa shape index (κ1) is 19.8. The Kier molecular flexibility index (Phi) is 6.24. The third kappa shape index (κ3) is 4.34. The Labute approximate surface area is 160 Å². The molecular weight excluding hydrogens is 374 g/mol. The van der Waals surface area contributed by atoms with E-state index >= 15 is 0 Å². The fourth-order valence-corrected chi connectivity index (χ4v) is 3.71. The number of nitrogens with one attached hydrogen (secondary N) is 1.